The van der Waals surface area contributed by atoms with E-state index < -0.39 is 11.6 Å². The molecule has 0 heterocycles. The van der Waals surface area contributed by atoms with Crippen LogP contribution in [-0.4, -0.2) is 57.1 Å². The van der Waals surface area contributed by atoms with Crippen molar-refractivity contribution in [3.63, 3.8) is 0 Å². The van der Waals surface area contributed by atoms with E-state index in [0.29, 0.717) is 24.6 Å². The summed E-state index contributed by atoms with van der Waals surface area (Å²) in [5, 5.41) is 0. The van der Waals surface area contributed by atoms with Crippen molar-refractivity contribution in [1.82, 2.24) is 9.80 Å². The van der Waals surface area contributed by atoms with Gasteiger partial charge in [-0.15, -0.1) is 0 Å². The molecule has 0 aliphatic rings. The van der Waals surface area contributed by atoms with Crippen LogP contribution in [0.15, 0.2) is 42.5 Å². The minimum Gasteiger partial charge on any atom is -0.493 e. The predicted molar refractivity (Wildman–Crippen MR) is 109 cm³/mol. The summed E-state index contributed by atoms with van der Waals surface area (Å²) in [6.07, 6.45) is 3.09. The molecule has 0 unspecified atom stereocenters. The molecule has 0 atom stereocenters. The van der Waals surface area contributed by atoms with E-state index in [1.165, 1.54) is 30.2 Å². The number of amides is 1. The number of benzene rings is 2. The van der Waals surface area contributed by atoms with Crippen LogP contribution in [0, 0.1) is 11.6 Å². The molecule has 0 aliphatic heterocycles. The quantitative estimate of drug-likeness (QED) is 0.599. The summed E-state index contributed by atoms with van der Waals surface area (Å²) in [4.78, 5) is 16.2. The van der Waals surface area contributed by atoms with Gasteiger partial charge in [-0.2, -0.15) is 0 Å². The molecule has 2 aromatic rings. The maximum Gasteiger partial charge on any atom is 0.246 e. The van der Waals surface area contributed by atoms with Gasteiger partial charge in [-0.1, -0.05) is 12.1 Å². The molecule has 0 N–H and O–H groups in total. The second-order valence-corrected chi connectivity index (χ2v) is 6.75. The van der Waals surface area contributed by atoms with E-state index in [-0.39, 0.29) is 18.0 Å². The predicted octanol–water partition coefficient (Wildman–Crippen LogP) is 3.59. The molecule has 1 amide bonds. The third-order valence-electron chi connectivity index (χ3n) is 4.33. The molecule has 0 aromatic heterocycles. The fourth-order valence-electron chi connectivity index (χ4n) is 2.67. The molecule has 0 bridgehead atoms. The molecular weight excluding hydrogens is 378 g/mol. The van der Waals surface area contributed by atoms with Crippen molar-refractivity contribution in [1.29, 1.82) is 0 Å². The van der Waals surface area contributed by atoms with E-state index in [1.54, 1.807) is 31.4 Å². The Morgan fingerprint density at radius 3 is 2.34 bits per heavy atom. The number of rotatable bonds is 9. The van der Waals surface area contributed by atoms with Crippen LogP contribution in [0.1, 0.15) is 11.1 Å². The van der Waals surface area contributed by atoms with Gasteiger partial charge in [0.1, 0.15) is 11.6 Å². The van der Waals surface area contributed by atoms with Crippen LogP contribution in [0.5, 0.6) is 11.5 Å². The summed E-state index contributed by atoms with van der Waals surface area (Å²) in [6, 6.07) is 8.68. The number of methoxy groups -OCH3 is 2. The summed E-state index contributed by atoms with van der Waals surface area (Å²) in [7, 11) is 6.87. The number of halogens is 2. The Morgan fingerprint density at radius 1 is 1.00 bits per heavy atom. The van der Waals surface area contributed by atoms with Crippen molar-refractivity contribution in [2.24, 2.45) is 0 Å². The summed E-state index contributed by atoms with van der Waals surface area (Å²) >= 11 is 0. The third-order valence-corrected chi connectivity index (χ3v) is 4.33. The number of nitrogens with zero attached hydrogens (tertiary/aromatic N) is 2. The zero-order valence-electron chi connectivity index (χ0n) is 17.1. The standard InChI is InChI=1S/C22H26F2N2O3/c1-25(2)11-12-26(15-17-7-8-18(23)14-19(17)24)22(27)10-6-16-5-9-20(28-3)21(13-16)29-4/h5-10,13-14H,11-12,15H2,1-4H3/b10-6+. The highest BCUT2D eigenvalue weighted by molar-refractivity contribution is 5.91. The monoisotopic (exact) mass is 404 g/mol. The van der Waals surface area contributed by atoms with E-state index >= 15 is 0 Å². The van der Waals surface area contributed by atoms with E-state index in [4.69, 9.17) is 9.47 Å². The Morgan fingerprint density at radius 2 is 1.72 bits per heavy atom. The van der Waals surface area contributed by atoms with Gasteiger partial charge in [0.2, 0.25) is 5.91 Å². The Labute approximate surface area is 170 Å². The largest absolute Gasteiger partial charge is 0.493 e. The van der Waals surface area contributed by atoms with Crippen LogP contribution >= 0.6 is 0 Å². The molecule has 5 nitrogen and oxygen atoms in total. The van der Waals surface area contributed by atoms with Gasteiger partial charge in [0.25, 0.3) is 0 Å². The first-order chi connectivity index (χ1) is 13.8. The molecular formula is C22H26F2N2O3. The van der Waals surface area contributed by atoms with Gasteiger partial charge in [-0.25, -0.2) is 8.78 Å². The van der Waals surface area contributed by atoms with Crippen LogP contribution in [0.2, 0.25) is 0 Å². The van der Waals surface area contributed by atoms with Crippen LogP contribution in [-0.2, 0) is 11.3 Å². The van der Waals surface area contributed by atoms with Crippen LogP contribution in [0.3, 0.4) is 0 Å². The molecule has 156 valence electrons. The number of carbonyl (C=O) groups is 1. The van der Waals surface area contributed by atoms with Gasteiger partial charge in [-0.3, -0.25) is 4.79 Å². The number of carbonyl (C=O) groups excluding carboxylic acids is 1. The highest BCUT2D eigenvalue weighted by Crippen LogP contribution is 2.28. The van der Waals surface area contributed by atoms with E-state index in [1.807, 2.05) is 19.0 Å². The van der Waals surface area contributed by atoms with E-state index in [0.717, 1.165) is 11.6 Å². The van der Waals surface area contributed by atoms with Crippen LogP contribution in [0.4, 0.5) is 8.78 Å². The molecule has 0 aliphatic carbocycles. The molecule has 0 radical (unpaired) electrons. The molecule has 29 heavy (non-hydrogen) atoms. The van der Waals surface area contributed by atoms with E-state index in [9.17, 15) is 13.6 Å². The van der Waals surface area contributed by atoms with Crippen molar-refractivity contribution in [2.45, 2.75) is 6.54 Å². The molecule has 0 saturated carbocycles. The first-order valence-electron chi connectivity index (χ1n) is 9.11. The smallest absolute Gasteiger partial charge is 0.246 e. The van der Waals surface area contributed by atoms with Gasteiger partial charge in [0.05, 0.1) is 14.2 Å². The fraction of sp³-hybridized carbons (Fsp3) is 0.318. The highest BCUT2D eigenvalue weighted by Gasteiger charge is 2.15. The maximum absolute atomic E-state index is 14.0. The summed E-state index contributed by atoms with van der Waals surface area (Å²) in [6.45, 7) is 1.06. The van der Waals surface area contributed by atoms with Gasteiger partial charge in [0.15, 0.2) is 11.5 Å². The lowest BCUT2D eigenvalue weighted by Gasteiger charge is -2.23. The van der Waals surface area contributed by atoms with Crippen molar-refractivity contribution in [3.8, 4) is 11.5 Å². The maximum atomic E-state index is 14.0. The Kier molecular flexibility index (Phi) is 8.15. The van der Waals surface area contributed by atoms with E-state index in [2.05, 4.69) is 0 Å². The second kappa shape index (κ2) is 10.6. The van der Waals surface area contributed by atoms with Crippen LogP contribution < -0.4 is 9.47 Å². The van der Waals surface area contributed by atoms with Crippen LogP contribution in [0.25, 0.3) is 6.08 Å². The van der Waals surface area contributed by atoms with Crippen molar-refractivity contribution in [3.05, 3.63) is 65.2 Å². The number of likely N-dealkylation sites (N-methyl/N-ethyl adjacent to an activating group) is 1. The van der Waals surface area contributed by atoms with Crippen molar-refractivity contribution in [2.75, 3.05) is 41.4 Å². The lowest BCUT2D eigenvalue weighted by atomic mass is 10.1. The normalized spacial score (nSPS) is 11.1. The first-order valence-corrected chi connectivity index (χ1v) is 9.11. The van der Waals surface area contributed by atoms with Crippen molar-refractivity contribution >= 4 is 12.0 Å². The van der Waals surface area contributed by atoms with Gasteiger partial charge < -0.3 is 19.3 Å². The Hall–Kier alpha value is -2.93. The SMILES string of the molecule is COc1ccc(/C=C/C(=O)N(CCN(C)C)Cc2ccc(F)cc2F)cc1OC. The Bertz CT molecular complexity index is 869. The molecule has 2 rings (SSSR count). The average Bonchev–Trinajstić information content (AvgIpc) is 2.70. The minimum absolute atomic E-state index is 0.0507. The van der Waals surface area contributed by atoms with Gasteiger partial charge in [-0.05, 0) is 43.9 Å². The topological polar surface area (TPSA) is 42.0 Å². The second-order valence-electron chi connectivity index (χ2n) is 6.75. The molecule has 2 aromatic carbocycles. The summed E-state index contributed by atoms with van der Waals surface area (Å²) in [5.74, 6) is -0.442. The molecule has 0 spiro atoms. The zero-order chi connectivity index (χ0) is 21.4. The number of hydrogen-bond acceptors (Lipinski definition) is 4. The molecule has 0 saturated heterocycles. The summed E-state index contributed by atoms with van der Waals surface area (Å²) < 4.78 is 37.7. The van der Waals surface area contributed by atoms with Gasteiger partial charge >= 0.3 is 0 Å². The third kappa shape index (κ3) is 6.57. The minimum atomic E-state index is -0.670. The number of hydrogen-bond donors (Lipinski definition) is 0. The molecule has 0 fully saturated rings. The lowest BCUT2D eigenvalue weighted by molar-refractivity contribution is -0.126. The first kappa shape index (κ1) is 22.4. The zero-order valence-corrected chi connectivity index (χ0v) is 17.1. The molecule has 7 heteroatoms. The number of ether oxygens (including phenoxy) is 2. The fourth-order valence-corrected chi connectivity index (χ4v) is 2.67. The Balaban J connectivity index is 2.19. The highest BCUT2D eigenvalue weighted by atomic mass is 19.1. The van der Waals surface area contributed by atoms with Crippen molar-refractivity contribution < 1.29 is 23.0 Å². The summed E-state index contributed by atoms with van der Waals surface area (Å²) in [5.41, 5.74) is 1.02. The lowest BCUT2D eigenvalue weighted by Crippen LogP contribution is -2.35. The average molecular weight is 404 g/mol. The van der Waals surface area contributed by atoms with Gasteiger partial charge in [0, 0.05) is 37.3 Å².